The van der Waals surface area contributed by atoms with Gasteiger partial charge in [0, 0.05) is 23.5 Å². The Morgan fingerprint density at radius 2 is 1.93 bits per heavy atom. The van der Waals surface area contributed by atoms with Crippen LogP contribution in [-0.2, 0) is 5.54 Å². The first-order valence-corrected chi connectivity index (χ1v) is 8.81. The maximum Gasteiger partial charge on any atom is 0.271 e. The summed E-state index contributed by atoms with van der Waals surface area (Å²) in [6.45, 7) is 4.28. The largest absolute Gasteiger partial charge is 0.506 e. The second-order valence-electron chi connectivity index (χ2n) is 6.64. The monoisotopic (exact) mass is 381 g/mol. The van der Waals surface area contributed by atoms with Gasteiger partial charge in [-0.15, -0.1) is 0 Å². The Labute approximate surface area is 162 Å². The fourth-order valence-corrected chi connectivity index (χ4v) is 2.89. The van der Waals surface area contributed by atoms with Crippen molar-refractivity contribution >= 4 is 23.7 Å². The molecule has 2 N–H and O–H groups in total. The molecule has 2 aromatic carbocycles. The molecule has 0 saturated heterocycles. The van der Waals surface area contributed by atoms with Crippen LogP contribution in [0.1, 0.15) is 35.3 Å². The minimum absolute atomic E-state index is 0.0703. The van der Waals surface area contributed by atoms with E-state index >= 15 is 0 Å². The number of carbonyl (C=O) groups is 1. The number of hydrogen-bond acceptors (Lipinski definition) is 3. The number of hydrazone groups is 1. The molecule has 1 amide bonds. The van der Waals surface area contributed by atoms with Crippen LogP contribution in [0.3, 0.4) is 0 Å². The van der Waals surface area contributed by atoms with Gasteiger partial charge < -0.3 is 9.67 Å². The van der Waals surface area contributed by atoms with Gasteiger partial charge in [-0.1, -0.05) is 41.9 Å². The second kappa shape index (κ2) is 7.68. The molecule has 0 fully saturated rings. The first-order valence-electron chi connectivity index (χ1n) is 8.44. The summed E-state index contributed by atoms with van der Waals surface area (Å²) in [5, 5.41) is 13.5. The lowest BCUT2D eigenvalue weighted by molar-refractivity contribution is 0.0955. The average molecular weight is 382 g/mol. The Balaban J connectivity index is 1.68. The molecule has 27 heavy (non-hydrogen) atoms. The van der Waals surface area contributed by atoms with E-state index in [9.17, 15) is 9.90 Å². The zero-order valence-electron chi connectivity index (χ0n) is 15.1. The fourth-order valence-electron chi connectivity index (χ4n) is 2.71. The second-order valence-corrected chi connectivity index (χ2v) is 7.05. The van der Waals surface area contributed by atoms with Crippen LogP contribution < -0.4 is 5.43 Å². The van der Waals surface area contributed by atoms with E-state index in [4.69, 9.17) is 11.6 Å². The molecule has 0 unspecified atom stereocenters. The van der Waals surface area contributed by atoms with Crippen LogP contribution in [-0.4, -0.2) is 21.8 Å². The fraction of sp³-hybridized carbons (Fsp3) is 0.143. The van der Waals surface area contributed by atoms with Gasteiger partial charge in [0.1, 0.15) is 5.75 Å². The first kappa shape index (κ1) is 18.7. The predicted molar refractivity (Wildman–Crippen MR) is 107 cm³/mol. The van der Waals surface area contributed by atoms with Gasteiger partial charge in [0.25, 0.3) is 5.91 Å². The molecule has 6 heteroatoms. The number of benzene rings is 2. The number of phenolic OH excluding ortho intramolecular Hbond substituents is 1. The minimum Gasteiger partial charge on any atom is -0.506 e. The SMILES string of the molecule is CC(C)(c1ccccc1)n1ccc(C=NNC(=O)c2ccc(O)c(Cl)c2)c1. The number of carbonyl (C=O) groups excluding carboxylic acids is 1. The summed E-state index contributed by atoms with van der Waals surface area (Å²) in [5.41, 5.74) is 4.62. The van der Waals surface area contributed by atoms with Crippen molar-refractivity contribution in [3.63, 3.8) is 0 Å². The molecule has 0 aliphatic carbocycles. The van der Waals surface area contributed by atoms with Gasteiger partial charge in [-0.3, -0.25) is 4.79 Å². The lowest BCUT2D eigenvalue weighted by atomic mass is 9.94. The highest BCUT2D eigenvalue weighted by Crippen LogP contribution is 2.26. The third kappa shape index (κ3) is 4.20. The summed E-state index contributed by atoms with van der Waals surface area (Å²) in [7, 11) is 0. The van der Waals surface area contributed by atoms with Gasteiger partial charge >= 0.3 is 0 Å². The molecule has 1 heterocycles. The zero-order chi connectivity index (χ0) is 19.4. The van der Waals surface area contributed by atoms with Crippen molar-refractivity contribution in [2.45, 2.75) is 19.4 Å². The minimum atomic E-state index is -0.405. The van der Waals surface area contributed by atoms with Crippen LogP contribution in [0.4, 0.5) is 0 Å². The highest BCUT2D eigenvalue weighted by molar-refractivity contribution is 6.32. The number of aromatic hydroxyl groups is 1. The summed E-state index contributed by atoms with van der Waals surface area (Å²) < 4.78 is 2.10. The Bertz CT molecular complexity index is 978. The normalized spacial score (nSPS) is 11.7. The highest BCUT2D eigenvalue weighted by atomic mass is 35.5. The molecule has 138 valence electrons. The van der Waals surface area contributed by atoms with Gasteiger partial charge in [-0.25, -0.2) is 5.43 Å². The van der Waals surface area contributed by atoms with Gasteiger partial charge in [0.15, 0.2) is 0 Å². The smallest absolute Gasteiger partial charge is 0.271 e. The van der Waals surface area contributed by atoms with Gasteiger partial charge in [-0.2, -0.15) is 5.10 Å². The first-order chi connectivity index (χ1) is 12.9. The number of nitrogens with zero attached hydrogens (tertiary/aromatic N) is 2. The third-order valence-corrected chi connectivity index (χ3v) is 4.73. The lowest BCUT2D eigenvalue weighted by Crippen LogP contribution is -2.26. The molecule has 3 rings (SSSR count). The molecule has 0 aliphatic rings. The van der Waals surface area contributed by atoms with Crippen molar-refractivity contribution < 1.29 is 9.90 Å². The number of hydrogen-bond donors (Lipinski definition) is 2. The molecular formula is C21H20ClN3O2. The quantitative estimate of drug-likeness (QED) is 0.508. The summed E-state index contributed by atoms with van der Waals surface area (Å²) in [4.78, 5) is 12.1. The van der Waals surface area contributed by atoms with E-state index in [1.165, 1.54) is 23.8 Å². The van der Waals surface area contributed by atoms with Crippen molar-refractivity contribution in [2.75, 3.05) is 0 Å². The third-order valence-electron chi connectivity index (χ3n) is 4.43. The van der Waals surface area contributed by atoms with Crippen molar-refractivity contribution in [3.05, 3.63) is 88.7 Å². The van der Waals surface area contributed by atoms with Crippen molar-refractivity contribution in [1.82, 2.24) is 9.99 Å². The predicted octanol–water partition coefficient (Wildman–Crippen LogP) is 4.39. The molecule has 0 saturated carbocycles. The van der Waals surface area contributed by atoms with Crippen LogP contribution in [0.2, 0.25) is 5.02 Å². The number of aromatic nitrogens is 1. The van der Waals surface area contributed by atoms with Gasteiger partial charge in [0.2, 0.25) is 0 Å². The Hall–Kier alpha value is -3.05. The number of nitrogens with one attached hydrogen (secondary N) is 1. The molecule has 0 atom stereocenters. The molecule has 0 bridgehead atoms. The summed E-state index contributed by atoms with van der Waals surface area (Å²) in [6, 6.07) is 16.4. The molecule has 0 spiro atoms. The number of amides is 1. The van der Waals surface area contributed by atoms with E-state index in [0.29, 0.717) is 5.56 Å². The number of phenols is 1. The average Bonchev–Trinajstić information content (AvgIpc) is 3.14. The standard InChI is InChI=1S/C21H20ClN3O2/c1-21(2,17-6-4-3-5-7-17)25-11-10-15(14-25)13-23-24-20(27)16-8-9-19(26)18(22)12-16/h3-14,26H,1-2H3,(H,24,27). The van der Waals surface area contributed by atoms with E-state index in [0.717, 1.165) is 5.56 Å². The summed E-state index contributed by atoms with van der Waals surface area (Å²) >= 11 is 5.81. The molecule has 0 aliphatic heterocycles. The molecule has 5 nitrogen and oxygen atoms in total. The van der Waals surface area contributed by atoms with Gasteiger partial charge in [-0.05, 0) is 43.7 Å². The molecular weight excluding hydrogens is 362 g/mol. The zero-order valence-corrected chi connectivity index (χ0v) is 15.8. The van der Waals surface area contributed by atoms with Crippen LogP contribution in [0.25, 0.3) is 0 Å². The van der Waals surface area contributed by atoms with E-state index in [1.54, 1.807) is 6.21 Å². The Morgan fingerprint density at radius 1 is 1.19 bits per heavy atom. The highest BCUT2D eigenvalue weighted by Gasteiger charge is 2.21. The van der Waals surface area contributed by atoms with Crippen molar-refractivity contribution in [1.29, 1.82) is 0 Å². The Morgan fingerprint density at radius 3 is 2.63 bits per heavy atom. The maximum absolute atomic E-state index is 12.1. The Kier molecular flexibility index (Phi) is 5.33. The van der Waals surface area contributed by atoms with Crippen molar-refractivity contribution in [3.8, 4) is 5.75 Å². The van der Waals surface area contributed by atoms with Gasteiger partial charge in [0.05, 0.1) is 16.8 Å². The van der Waals surface area contributed by atoms with Crippen LogP contribution in [0.15, 0.2) is 72.1 Å². The van der Waals surface area contributed by atoms with E-state index in [1.807, 2.05) is 36.7 Å². The summed E-state index contributed by atoms with van der Waals surface area (Å²) in [5.74, 6) is -0.476. The molecule has 3 aromatic rings. The lowest BCUT2D eigenvalue weighted by Gasteiger charge is -2.27. The number of halogens is 1. The summed E-state index contributed by atoms with van der Waals surface area (Å²) in [6.07, 6.45) is 5.54. The van der Waals surface area contributed by atoms with E-state index in [-0.39, 0.29) is 16.3 Å². The van der Waals surface area contributed by atoms with E-state index < -0.39 is 5.91 Å². The maximum atomic E-state index is 12.1. The number of rotatable bonds is 5. The van der Waals surface area contributed by atoms with Crippen LogP contribution >= 0.6 is 11.6 Å². The molecule has 0 radical (unpaired) electrons. The van der Waals surface area contributed by atoms with Crippen molar-refractivity contribution in [2.24, 2.45) is 5.10 Å². The van der Waals surface area contributed by atoms with Crippen LogP contribution in [0, 0.1) is 0 Å². The van der Waals surface area contributed by atoms with Crippen LogP contribution in [0.5, 0.6) is 5.75 Å². The topological polar surface area (TPSA) is 66.6 Å². The molecule has 1 aromatic heterocycles. The van der Waals surface area contributed by atoms with E-state index in [2.05, 4.69) is 41.1 Å².